The van der Waals surface area contributed by atoms with E-state index in [1.54, 1.807) is 0 Å². The van der Waals surface area contributed by atoms with Gasteiger partial charge >= 0.3 is 0 Å². The van der Waals surface area contributed by atoms with Crippen LogP contribution in [0.25, 0.3) is 0 Å². The predicted molar refractivity (Wildman–Crippen MR) is 81.4 cm³/mol. The van der Waals surface area contributed by atoms with E-state index < -0.39 is 0 Å². The number of hydrogen-bond acceptors (Lipinski definition) is 3. The second-order valence-corrected chi connectivity index (χ2v) is 5.88. The van der Waals surface area contributed by atoms with Gasteiger partial charge in [-0.2, -0.15) is 0 Å². The highest BCUT2D eigenvalue weighted by Crippen LogP contribution is 2.20. The van der Waals surface area contributed by atoms with Crippen molar-refractivity contribution in [2.45, 2.75) is 19.4 Å². The Morgan fingerprint density at radius 1 is 1.53 bits per heavy atom. The average Bonchev–Trinajstić information content (AvgIpc) is 2.81. The minimum Gasteiger partial charge on any atom is -0.325 e. The van der Waals surface area contributed by atoms with Gasteiger partial charge in [0.2, 0.25) is 5.91 Å². The molecule has 1 aromatic rings. The lowest BCUT2D eigenvalue weighted by Crippen LogP contribution is -2.34. The van der Waals surface area contributed by atoms with Crippen LogP contribution in [-0.2, 0) is 4.79 Å². The van der Waals surface area contributed by atoms with E-state index in [4.69, 9.17) is 0 Å². The molecule has 1 fully saturated rings. The normalized spacial score (nSPS) is 19.6. The summed E-state index contributed by atoms with van der Waals surface area (Å²) >= 11 is 3.45. The molecule has 1 aliphatic rings. The summed E-state index contributed by atoms with van der Waals surface area (Å²) in [4.78, 5) is 14.2. The van der Waals surface area contributed by atoms with Gasteiger partial charge in [0.1, 0.15) is 0 Å². The molecule has 19 heavy (non-hydrogen) atoms. The van der Waals surface area contributed by atoms with Gasteiger partial charge < -0.3 is 10.6 Å². The van der Waals surface area contributed by atoms with Crippen LogP contribution in [0.4, 0.5) is 5.69 Å². The van der Waals surface area contributed by atoms with E-state index in [2.05, 4.69) is 31.5 Å². The number of rotatable bonds is 4. The van der Waals surface area contributed by atoms with Crippen LogP contribution < -0.4 is 10.6 Å². The largest absolute Gasteiger partial charge is 0.325 e. The van der Waals surface area contributed by atoms with Gasteiger partial charge in [-0.05, 0) is 44.2 Å². The van der Waals surface area contributed by atoms with Crippen LogP contribution in [0.5, 0.6) is 0 Å². The van der Waals surface area contributed by atoms with Crippen LogP contribution in [-0.4, -0.2) is 43.5 Å². The summed E-state index contributed by atoms with van der Waals surface area (Å²) in [5.41, 5.74) is 1.98. The Morgan fingerprint density at radius 2 is 2.32 bits per heavy atom. The van der Waals surface area contributed by atoms with Crippen molar-refractivity contribution in [1.29, 1.82) is 0 Å². The number of amides is 1. The summed E-state index contributed by atoms with van der Waals surface area (Å²) in [6.45, 7) is 4.41. The third-order valence-electron chi connectivity index (χ3n) is 3.49. The van der Waals surface area contributed by atoms with E-state index in [1.807, 2.05) is 32.2 Å². The maximum Gasteiger partial charge on any atom is 0.238 e. The molecule has 104 valence electrons. The van der Waals surface area contributed by atoms with E-state index >= 15 is 0 Å². The lowest BCUT2D eigenvalue weighted by Gasteiger charge is -2.15. The number of hydrogen-bond donors (Lipinski definition) is 2. The molecule has 0 saturated carbocycles. The Morgan fingerprint density at radius 3 is 2.95 bits per heavy atom. The van der Waals surface area contributed by atoms with E-state index in [0.29, 0.717) is 12.6 Å². The molecule has 1 unspecified atom stereocenters. The number of benzene rings is 1. The quantitative estimate of drug-likeness (QED) is 0.889. The maximum absolute atomic E-state index is 12.0. The van der Waals surface area contributed by atoms with Crippen molar-refractivity contribution < 1.29 is 4.79 Å². The van der Waals surface area contributed by atoms with E-state index in [0.717, 1.165) is 35.2 Å². The summed E-state index contributed by atoms with van der Waals surface area (Å²) in [6.07, 6.45) is 1.11. The monoisotopic (exact) mass is 325 g/mol. The van der Waals surface area contributed by atoms with Gasteiger partial charge in [0, 0.05) is 29.3 Å². The fraction of sp³-hybridized carbons (Fsp3) is 0.500. The van der Waals surface area contributed by atoms with Crippen LogP contribution >= 0.6 is 15.9 Å². The lowest BCUT2D eigenvalue weighted by molar-refractivity contribution is -0.117. The molecule has 1 heterocycles. The van der Waals surface area contributed by atoms with Crippen LogP contribution in [0, 0.1) is 6.92 Å². The van der Waals surface area contributed by atoms with Crippen molar-refractivity contribution in [3.05, 3.63) is 28.2 Å². The zero-order valence-corrected chi connectivity index (χ0v) is 13.0. The summed E-state index contributed by atoms with van der Waals surface area (Å²) in [7, 11) is 1.97. The molecule has 0 spiro atoms. The molecule has 1 aliphatic heterocycles. The van der Waals surface area contributed by atoms with Crippen LogP contribution in [0.3, 0.4) is 0 Å². The number of nitrogens with one attached hydrogen (secondary N) is 2. The summed E-state index contributed by atoms with van der Waals surface area (Å²) in [5, 5.41) is 6.20. The summed E-state index contributed by atoms with van der Waals surface area (Å²) < 4.78 is 1.06. The molecule has 1 saturated heterocycles. The standard InChI is InChI=1S/C14H20BrN3O/c1-10-7-11(3-4-13(10)15)17-14(19)9-18-6-5-12(8-18)16-2/h3-4,7,12,16H,5-6,8-9H2,1-2H3,(H,17,19). The highest BCUT2D eigenvalue weighted by molar-refractivity contribution is 9.10. The average molecular weight is 326 g/mol. The third-order valence-corrected chi connectivity index (χ3v) is 4.38. The zero-order chi connectivity index (χ0) is 13.8. The van der Waals surface area contributed by atoms with Crippen LogP contribution in [0.2, 0.25) is 0 Å². The first-order chi connectivity index (χ1) is 9.08. The number of likely N-dealkylation sites (N-methyl/N-ethyl adjacent to an activating group) is 1. The minimum atomic E-state index is 0.0541. The number of halogens is 1. The molecule has 1 atom stereocenters. The first kappa shape index (κ1) is 14.5. The Hall–Kier alpha value is -0.910. The molecule has 4 nitrogen and oxygen atoms in total. The molecular formula is C14H20BrN3O. The van der Waals surface area contributed by atoms with Gasteiger partial charge in [0.05, 0.1) is 6.54 Å². The topological polar surface area (TPSA) is 44.4 Å². The number of likely N-dealkylation sites (tertiary alicyclic amines) is 1. The second kappa shape index (κ2) is 6.50. The SMILES string of the molecule is CNC1CCN(CC(=O)Nc2ccc(Br)c(C)c2)C1. The molecular weight excluding hydrogens is 306 g/mol. The Kier molecular flexibility index (Phi) is 4.96. The minimum absolute atomic E-state index is 0.0541. The first-order valence-corrected chi connectivity index (χ1v) is 7.33. The molecule has 5 heteroatoms. The molecule has 0 radical (unpaired) electrons. The predicted octanol–water partition coefficient (Wildman–Crippen LogP) is 1.99. The van der Waals surface area contributed by atoms with Gasteiger partial charge in [-0.25, -0.2) is 0 Å². The Bertz CT molecular complexity index is 464. The Labute approximate surface area is 122 Å². The van der Waals surface area contributed by atoms with Crippen molar-refractivity contribution in [1.82, 2.24) is 10.2 Å². The molecule has 2 rings (SSSR count). The molecule has 1 amide bonds. The van der Waals surface area contributed by atoms with Crippen molar-refractivity contribution >= 4 is 27.5 Å². The van der Waals surface area contributed by atoms with E-state index in [-0.39, 0.29) is 5.91 Å². The second-order valence-electron chi connectivity index (χ2n) is 5.02. The number of carbonyl (C=O) groups excluding carboxylic acids is 1. The van der Waals surface area contributed by atoms with Gasteiger partial charge in [-0.3, -0.25) is 9.69 Å². The van der Waals surface area contributed by atoms with Gasteiger partial charge in [-0.1, -0.05) is 15.9 Å². The molecule has 0 aliphatic carbocycles. The van der Waals surface area contributed by atoms with Crippen molar-refractivity contribution in [3.63, 3.8) is 0 Å². The number of aryl methyl sites for hydroxylation is 1. The molecule has 1 aromatic carbocycles. The fourth-order valence-corrected chi connectivity index (χ4v) is 2.58. The highest BCUT2D eigenvalue weighted by atomic mass is 79.9. The fourth-order valence-electron chi connectivity index (χ4n) is 2.34. The molecule has 0 aromatic heterocycles. The summed E-state index contributed by atoms with van der Waals surface area (Å²) in [6, 6.07) is 6.36. The maximum atomic E-state index is 12.0. The van der Waals surface area contributed by atoms with Gasteiger partial charge in [0.15, 0.2) is 0 Å². The van der Waals surface area contributed by atoms with Crippen LogP contribution in [0.1, 0.15) is 12.0 Å². The first-order valence-electron chi connectivity index (χ1n) is 6.54. The van der Waals surface area contributed by atoms with Crippen molar-refractivity contribution in [3.8, 4) is 0 Å². The smallest absolute Gasteiger partial charge is 0.238 e. The van der Waals surface area contributed by atoms with Crippen molar-refractivity contribution in [2.24, 2.45) is 0 Å². The number of carbonyl (C=O) groups is 1. The van der Waals surface area contributed by atoms with E-state index in [9.17, 15) is 4.79 Å². The van der Waals surface area contributed by atoms with Gasteiger partial charge in [-0.15, -0.1) is 0 Å². The Balaban J connectivity index is 1.86. The number of nitrogens with zero attached hydrogens (tertiary/aromatic N) is 1. The number of anilines is 1. The molecule has 2 N–H and O–H groups in total. The van der Waals surface area contributed by atoms with Crippen molar-refractivity contribution in [2.75, 3.05) is 32.0 Å². The van der Waals surface area contributed by atoms with Crippen LogP contribution in [0.15, 0.2) is 22.7 Å². The lowest BCUT2D eigenvalue weighted by atomic mass is 10.2. The van der Waals surface area contributed by atoms with Gasteiger partial charge in [0.25, 0.3) is 0 Å². The van der Waals surface area contributed by atoms with E-state index in [1.165, 1.54) is 0 Å². The highest BCUT2D eigenvalue weighted by Gasteiger charge is 2.22. The zero-order valence-electron chi connectivity index (χ0n) is 11.4. The third kappa shape index (κ3) is 4.03. The summed E-state index contributed by atoms with van der Waals surface area (Å²) in [5.74, 6) is 0.0541. The molecule has 0 bridgehead atoms.